The lowest BCUT2D eigenvalue weighted by molar-refractivity contribution is 0.634. The summed E-state index contributed by atoms with van der Waals surface area (Å²) in [6, 6.07) is 12.8. The molecule has 0 unspecified atom stereocenters. The van der Waals surface area contributed by atoms with Crippen molar-refractivity contribution in [2.24, 2.45) is 12.8 Å². The van der Waals surface area contributed by atoms with Crippen molar-refractivity contribution in [2.75, 3.05) is 6.54 Å². The molecule has 31 heavy (non-hydrogen) atoms. The van der Waals surface area contributed by atoms with E-state index in [0.29, 0.717) is 18.7 Å². The van der Waals surface area contributed by atoms with Gasteiger partial charge in [-0.05, 0) is 29.8 Å². The molecule has 0 fully saturated rings. The van der Waals surface area contributed by atoms with Crippen LogP contribution in [-0.2, 0) is 13.6 Å². The van der Waals surface area contributed by atoms with Crippen LogP contribution in [0.5, 0.6) is 0 Å². The van der Waals surface area contributed by atoms with E-state index >= 15 is 0 Å². The molecule has 6 nitrogen and oxygen atoms in total. The highest BCUT2D eigenvalue weighted by Crippen LogP contribution is 2.39. The molecular weight excluding hydrogens is 391 g/mol. The quantitative estimate of drug-likeness (QED) is 0.428. The molecule has 5 aromatic rings. The van der Waals surface area contributed by atoms with E-state index in [2.05, 4.69) is 9.94 Å². The van der Waals surface area contributed by atoms with E-state index < -0.39 is 5.82 Å². The summed E-state index contributed by atoms with van der Waals surface area (Å²) in [5.74, 6) is -0.542. The van der Waals surface area contributed by atoms with Crippen LogP contribution in [0.15, 0.2) is 61.1 Å². The van der Waals surface area contributed by atoms with E-state index in [9.17, 15) is 4.39 Å². The Balaban J connectivity index is 1.80. The number of hydrogen-bond acceptors (Lipinski definition) is 3. The first-order valence-corrected chi connectivity index (χ1v) is 9.88. The standard InChI is InChI=1S/C24H19FN6/c1-27-20-5-3-15(12-19(20)25)23-18-7-9-31(10-8-26)22(18)14-28-24(23)16-4-6-21-17(11-16)13-29-30(21)2/h3-7,9,11-14H,8,10,26H2,2H3. The van der Waals surface area contributed by atoms with E-state index in [0.717, 1.165) is 38.6 Å². The predicted molar refractivity (Wildman–Crippen MR) is 120 cm³/mol. The zero-order chi connectivity index (χ0) is 21.5. The van der Waals surface area contributed by atoms with Crippen LogP contribution in [0.25, 0.3) is 49.0 Å². The first-order valence-electron chi connectivity index (χ1n) is 9.88. The van der Waals surface area contributed by atoms with E-state index in [-0.39, 0.29) is 5.69 Å². The third kappa shape index (κ3) is 3.05. The Morgan fingerprint density at radius 2 is 1.90 bits per heavy atom. The summed E-state index contributed by atoms with van der Waals surface area (Å²) in [4.78, 5) is 8.03. The summed E-state index contributed by atoms with van der Waals surface area (Å²) in [7, 11) is 1.90. The first kappa shape index (κ1) is 19.0. The molecule has 0 atom stereocenters. The lowest BCUT2D eigenvalue weighted by Crippen LogP contribution is -2.08. The molecule has 2 N–H and O–H groups in total. The molecule has 0 saturated carbocycles. The number of hydrogen-bond donors (Lipinski definition) is 1. The molecule has 7 heteroatoms. The summed E-state index contributed by atoms with van der Waals surface area (Å²) < 4.78 is 18.4. The summed E-state index contributed by atoms with van der Waals surface area (Å²) in [5.41, 5.74) is 10.9. The fraction of sp³-hybridized carbons (Fsp3) is 0.125. The van der Waals surface area contributed by atoms with Crippen LogP contribution in [0.2, 0.25) is 0 Å². The van der Waals surface area contributed by atoms with Crippen molar-refractivity contribution in [1.29, 1.82) is 0 Å². The van der Waals surface area contributed by atoms with Gasteiger partial charge >= 0.3 is 0 Å². The lowest BCUT2D eigenvalue weighted by Gasteiger charge is -2.13. The number of nitrogens with zero attached hydrogens (tertiary/aromatic N) is 5. The van der Waals surface area contributed by atoms with E-state index in [1.807, 2.05) is 59.2 Å². The van der Waals surface area contributed by atoms with Crippen LogP contribution >= 0.6 is 0 Å². The molecule has 5 rings (SSSR count). The number of fused-ring (bicyclic) bond motifs is 2. The average molecular weight is 410 g/mol. The van der Waals surface area contributed by atoms with Gasteiger partial charge in [-0.25, -0.2) is 9.24 Å². The Hall–Kier alpha value is -4.02. The molecule has 2 aromatic carbocycles. The van der Waals surface area contributed by atoms with Gasteiger partial charge in [-0.15, -0.1) is 0 Å². The number of aryl methyl sites for hydroxylation is 1. The van der Waals surface area contributed by atoms with Gasteiger partial charge in [0.2, 0.25) is 5.69 Å². The molecule has 0 aliphatic rings. The van der Waals surface area contributed by atoms with Crippen molar-refractivity contribution in [3.05, 3.63) is 78.3 Å². The van der Waals surface area contributed by atoms with Crippen molar-refractivity contribution in [3.8, 4) is 22.4 Å². The highest BCUT2D eigenvalue weighted by molar-refractivity contribution is 6.02. The van der Waals surface area contributed by atoms with Crippen molar-refractivity contribution in [2.45, 2.75) is 6.54 Å². The van der Waals surface area contributed by atoms with Gasteiger partial charge in [-0.1, -0.05) is 18.2 Å². The Morgan fingerprint density at radius 1 is 1.06 bits per heavy atom. The molecule has 152 valence electrons. The molecule has 0 spiro atoms. The number of nitrogens with two attached hydrogens (primary N) is 1. The fourth-order valence-electron chi connectivity index (χ4n) is 4.07. The van der Waals surface area contributed by atoms with Crippen LogP contribution in [0.1, 0.15) is 0 Å². The summed E-state index contributed by atoms with van der Waals surface area (Å²) in [5, 5.41) is 6.28. The van der Waals surface area contributed by atoms with Crippen molar-refractivity contribution >= 4 is 27.5 Å². The number of benzene rings is 2. The Labute approximate surface area is 178 Å². The molecule has 3 heterocycles. The lowest BCUT2D eigenvalue weighted by atomic mass is 9.95. The van der Waals surface area contributed by atoms with Gasteiger partial charge in [-0.2, -0.15) is 5.10 Å². The zero-order valence-electron chi connectivity index (χ0n) is 16.9. The van der Waals surface area contributed by atoms with Gasteiger partial charge in [0, 0.05) is 48.2 Å². The summed E-state index contributed by atoms with van der Waals surface area (Å²) >= 11 is 0. The molecule has 0 saturated heterocycles. The van der Waals surface area contributed by atoms with Gasteiger partial charge < -0.3 is 10.3 Å². The molecular formula is C24H19FN6. The van der Waals surface area contributed by atoms with E-state index in [1.165, 1.54) is 12.1 Å². The third-order valence-corrected chi connectivity index (χ3v) is 5.58. The summed E-state index contributed by atoms with van der Waals surface area (Å²) in [6.45, 7) is 8.32. The van der Waals surface area contributed by atoms with Crippen molar-refractivity contribution in [3.63, 3.8) is 0 Å². The minimum absolute atomic E-state index is 0.00270. The van der Waals surface area contributed by atoms with Crippen LogP contribution in [0, 0.1) is 12.4 Å². The number of pyridine rings is 1. The van der Waals surface area contributed by atoms with Gasteiger partial charge in [-0.3, -0.25) is 9.67 Å². The van der Waals surface area contributed by atoms with Gasteiger partial charge in [0.15, 0.2) is 0 Å². The smallest absolute Gasteiger partial charge is 0.222 e. The maximum Gasteiger partial charge on any atom is 0.222 e. The predicted octanol–water partition coefficient (Wildman–Crippen LogP) is 4.91. The van der Waals surface area contributed by atoms with Crippen molar-refractivity contribution < 1.29 is 4.39 Å². The number of rotatable bonds is 4. The Kier molecular flexibility index (Phi) is 4.50. The number of aromatic nitrogens is 4. The second-order valence-electron chi connectivity index (χ2n) is 7.40. The minimum Gasteiger partial charge on any atom is -0.345 e. The maximum absolute atomic E-state index is 14.5. The zero-order valence-corrected chi connectivity index (χ0v) is 16.9. The normalized spacial score (nSPS) is 11.3. The second-order valence-corrected chi connectivity index (χ2v) is 7.40. The first-order chi connectivity index (χ1) is 15.1. The topological polar surface area (TPSA) is 66.0 Å². The maximum atomic E-state index is 14.5. The van der Waals surface area contributed by atoms with Gasteiger partial charge in [0.05, 0.1) is 35.7 Å². The van der Waals surface area contributed by atoms with E-state index in [4.69, 9.17) is 17.3 Å². The molecule has 0 aliphatic heterocycles. The highest BCUT2D eigenvalue weighted by Gasteiger charge is 2.18. The van der Waals surface area contributed by atoms with E-state index in [1.54, 1.807) is 6.07 Å². The van der Waals surface area contributed by atoms with Crippen LogP contribution < -0.4 is 5.73 Å². The van der Waals surface area contributed by atoms with Crippen molar-refractivity contribution in [1.82, 2.24) is 19.3 Å². The van der Waals surface area contributed by atoms with Gasteiger partial charge in [0.1, 0.15) is 5.82 Å². The Bertz CT molecular complexity index is 1490. The van der Waals surface area contributed by atoms with Gasteiger partial charge in [0.25, 0.3) is 0 Å². The number of halogens is 1. The SMILES string of the molecule is [C-]#[N+]c1ccc(-c2c(-c3ccc4c(cnn4C)c3)ncc3c2ccn3CCN)cc1F. The molecule has 0 aliphatic carbocycles. The van der Waals surface area contributed by atoms with Crippen LogP contribution in [0.3, 0.4) is 0 Å². The summed E-state index contributed by atoms with van der Waals surface area (Å²) in [6.07, 6.45) is 5.63. The molecule has 0 amide bonds. The largest absolute Gasteiger partial charge is 0.345 e. The second kappa shape index (κ2) is 7.35. The molecule has 3 aromatic heterocycles. The average Bonchev–Trinajstić information content (AvgIpc) is 3.36. The minimum atomic E-state index is -0.542. The fourth-order valence-corrected chi connectivity index (χ4v) is 4.07. The third-order valence-electron chi connectivity index (χ3n) is 5.58. The Morgan fingerprint density at radius 3 is 2.68 bits per heavy atom. The molecule has 0 radical (unpaired) electrons. The monoisotopic (exact) mass is 410 g/mol. The van der Waals surface area contributed by atoms with Crippen LogP contribution in [-0.4, -0.2) is 25.9 Å². The highest BCUT2D eigenvalue weighted by atomic mass is 19.1. The molecule has 0 bridgehead atoms. The van der Waals surface area contributed by atoms with Crippen LogP contribution in [0.4, 0.5) is 10.1 Å².